The summed E-state index contributed by atoms with van der Waals surface area (Å²) in [5, 5.41) is 10.4. The van der Waals surface area contributed by atoms with E-state index < -0.39 is 5.91 Å². The van der Waals surface area contributed by atoms with Crippen molar-refractivity contribution < 1.29 is 9.90 Å². The third-order valence-electron chi connectivity index (χ3n) is 2.54. The van der Waals surface area contributed by atoms with Gasteiger partial charge in [-0.2, -0.15) is 0 Å². The van der Waals surface area contributed by atoms with Crippen molar-refractivity contribution >= 4 is 17.5 Å². The van der Waals surface area contributed by atoms with E-state index in [1.807, 2.05) is 35.8 Å². The van der Waals surface area contributed by atoms with E-state index in [0.29, 0.717) is 10.6 Å². The number of carbonyl (C=O) groups excluding carboxylic acids is 1. The predicted octanol–water partition coefficient (Wildman–Crippen LogP) is 2.32. The molecule has 0 atom stereocenters. The zero-order chi connectivity index (χ0) is 13.1. The molecule has 0 aliphatic heterocycles. The number of phenols is 1. The lowest BCUT2D eigenvalue weighted by Gasteiger charge is -2.10. The molecule has 92 valence electrons. The van der Waals surface area contributed by atoms with Gasteiger partial charge in [0, 0.05) is 10.6 Å². The number of nitrogen functional groups attached to an aromatic ring is 1. The zero-order valence-corrected chi connectivity index (χ0v) is 10.1. The summed E-state index contributed by atoms with van der Waals surface area (Å²) in [5.74, 6) is 4.32. The van der Waals surface area contributed by atoms with Crippen LogP contribution in [0.2, 0.25) is 5.02 Å². The van der Waals surface area contributed by atoms with Gasteiger partial charge in [0.15, 0.2) is 0 Å². The van der Waals surface area contributed by atoms with Crippen LogP contribution in [0.1, 0.15) is 10.4 Å². The minimum absolute atomic E-state index is 0.0452. The summed E-state index contributed by atoms with van der Waals surface area (Å²) >= 11 is 5.94. The number of hydrogen-bond acceptors (Lipinski definition) is 3. The summed E-state index contributed by atoms with van der Waals surface area (Å²) in [7, 11) is 0. The molecule has 0 aliphatic carbocycles. The number of rotatable bonds is 2. The SMILES string of the molecule is NNC(=O)c1cc(Cl)cc(-c2ccccc2)c1O. The first-order chi connectivity index (χ1) is 8.63. The molecule has 1 amide bonds. The van der Waals surface area contributed by atoms with Crippen LogP contribution in [0, 0.1) is 0 Å². The molecule has 18 heavy (non-hydrogen) atoms. The van der Waals surface area contributed by atoms with Crippen LogP contribution in [-0.2, 0) is 0 Å². The quantitative estimate of drug-likeness (QED) is 0.442. The first-order valence-electron chi connectivity index (χ1n) is 5.22. The van der Waals surface area contributed by atoms with E-state index in [1.165, 1.54) is 6.07 Å². The highest BCUT2D eigenvalue weighted by Gasteiger charge is 2.16. The lowest BCUT2D eigenvalue weighted by molar-refractivity contribution is 0.0951. The van der Waals surface area contributed by atoms with Gasteiger partial charge in [-0.1, -0.05) is 41.9 Å². The summed E-state index contributed by atoms with van der Waals surface area (Å²) in [6.07, 6.45) is 0. The van der Waals surface area contributed by atoms with Crippen LogP contribution >= 0.6 is 11.6 Å². The number of amides is 1. The summed E-state index contributed by atoms with van der Waals surface area (Å²) in [6, 6.07) is 12.1. The van der Waals surface area contributed by atoms with Crippen molar-refractivity contribution in [2.75, 3.05) is 0 Å². The van der Waals surface area contributed by atoms with E-state index >= 15 is 0 Å². The minimum atomic E-state index is -0.591. The second kappa shape index (κ2) is 5.08. The Morgan fingerprint density at radius 2 is 1.89 bits per heavy atom. The number of benzene rings is 2. The molecule has 0 fully saturated rings. The molecule has 5 heteroatoms. The van der Waals surface area contributed by atoms with Gasteiger partial charge in [0.2, 0.25) is 0 Å². The Morgan fingerprint density at radius 3 is 2.50 bits per heavy atom. The van der Waals surface area contributed by atoms with Crippen molar-refractivity contribution in [1.82, 2.24) is 5.43 Å². The fraction of sp³-hybridized carbons (Fsp3) is 0. The van der Waals surface area contributed by atoms with Crippen molar-refractivity contribution in [2.45, 2.75) is 0 Å². The number of phenolic OH excluding ortho intramolecular Hbond substituents is 1. The first kappa shape index (κ1) is 12.4. The van der Waals surface area contributed by atoms with Gasteiger partial charge in [0.1, 0.15) is 5.75 Å². The second-order valence-corrected chi connectivity index (χ2v) is 4.13. The Balaban J connectivity index is 2.62. The van der Waals surface area contributed by atoms with Gasteiger partial charge < -0.3 is 5.11 Å². The molecule has 0 saturated carbocycles. The monoisotopic (exact) mass is 262 g/mol. The molecule has 0 bridgehead atoms. The number of carbonyl (C=O) groups is 1. The van der Waals surface area contributed by atoms with Gasteiger partial charge in [-0.05, 0) is 17.7 Å². The summed E-state index contributed by atoms with van der Waals surface area (Å²) in [6.45, 7) is 0. The number of halogens is 1. The Bertz CT molecular complexity index is 585. The molecule has 0 unspecified atom stereocenters. The van der Waals surface area contributed by atoms with Crippen molar-refractivity contribution in [3.8, 4) is 16.9 Å². The van der Waals surface area contributed by atoms with Gasteiger partial charge in [-0.3, -0.25) is 10.2 Å². The van der Waals surface area contributed by atoms with Crippen LogP contribution in [0.25, 0.3) is 11.1 Å². The van der Waals surface area contributed by atoms with Crippen LogP contribution in [0.5, 0.6) is 5.75 Å². The van der Waals surface area contributed by atoms with Gasteiger partial charge >= 0.3 is 0 Å². The lowest BCUT2D eigenvalue weighted by atomic mass is 10.0. The smallest absolute Gasteiger partial charge is 0.269 e. The predicted molar refractivity (Wildman–Crippen MR) is 70.2 cm³/mol. The van der Waals surface area contributed by atoms with Crippen molar-refractivity contribution in [3.63, 3.8) is 0 Å². The molecule has 0 spiro atoms. The molecule has 4 N–H and O–H groups in total. The molecule has 4 nitrogen and oxygen atoms in total. The Labute approximate surface area is 109 Å². The summed E-state index contributed by atoms with van der Waals surface area (Å²) in [5.41, 5.74) is 3.27. The molecule has 0 radical (unpaired) electrons. The topological polar surface area (TPSA) is 75.3 Å². The van der Waals surface area contributed by atoms with Gasteiger partial charge in [-0.25, -0.2) is 5.84 Å². The molecule has 2 aromatic carbocycles. The van der Waals surface area contributed by atoms with Crippen LogP contribution in [0.3, 0.4) is 0 Å². The fourth-order valence-electron chi connectivity index (χ4n) is 1.69. The van der Waals surface area contributed by atoms with Crippen LogP contribution in [-0.4, -0.2) is 11.0 Å². The normalized spacial score (nSPS) is 10.1. The van der Waals surface area contributed by atoms with E-state index in [4.69, 9.17) is 17.4 Å². The average Bonchev–Trinajstić information content (AvgIpc) is 2.41. The molecule has 0 aliphatic rings. The number of nitrogens with one attached hydrogen (secondary N) is 1. The van der Waals surface area contributed by atoms with E-state index in [9.17, 15) is 9.90 Å². The highest BCUT2D eigenvalue weighted by molar-refractivity contribution is 6.31. The molecule has 2 aromatic rings. The van der Waals surface area contributed by atoms with E-state index in [1.54, 1.807) is 6.07 Å². The zero-order valence-electron chi connectivity index (χ0n) is 9.35. The maximum absolute atomic E-state index is 11.5. The van der Waals surface area contributed by atoms with Crippen molar-refractivity contribution in [2.24, 2.45) is 5.84 Å². The Kier molecular flexibility index (Phi) is 3.50. The van der Waals surface area contributed by atoms with Crippen LogP contribution < -0.4 is 11.3 Å². The van der Waals surface area contributed by atoms with Crippen molar-refractivity contribution in [1.29, 1.82) is 0 Å². The van der Waals surface area contributed by atoms with Gasteiger partial charge in [-0.15, -0.1) is 0 Å². The fourth-order valence-corrected chi connectivity index (χ4v) is 1.91. The van der Waals surface area contributed by atoms with Crippen LogP contribution in [0.4, 0.5) is 0 Å². The molecule has 2 rings (SSSR count). The molecular formula is C13H11ClN2O2. The Hall–Kier alpha value is -2.04. The van der Waals surface area contributed by atoms with Crippen molar-refractivity contribution in [3.05, 3.63) is 53.1 Å². The number of hydrogen-bond donors (Lipinski definition) is 3. The number of hydrazine groups is 1. The van der Waals surface area contributed by atoms with Gasteiger partial charge in [0.05, 0.1) is 5.56 Å². The molecule has 0 aromatic heterocycles. The maximum atomic E-state index is 11.5. The van der Waals surface area contributed by atoms with E-state index in [-0.39, 0.29) is 11.3 Å². The molecular weight excluding hydrogens is 252 g/mol. The number of aromatic hydroxyl groups is 1. The van der Waals surface area contributed by atoms with E-state index in [0.717, 1.165) is 5.56 Å². The first-order valence-corrected chi connectivity index (χ1v) is 5.60. The third kappa shape index (κ3) is 2.30. The van der Waals surface area contributed by atoms with Crippen LogP contribution in [0.15, 0.2) is 42.5 Å². The third-order valence-corrected chi connectivity index (χ3v) is 2.75. The maximum Gasteiger partial charge on any atom is 0.269 e. The van der Waals surface area contributed by atoms with E-state index in [2.05, 4.69) is 0 Å². The van der Waals surface area contributed by atoms with Gasteiger partial charge in [0.25, 0.3) is 5.91 Å². The summed E-state index contributed by atoms with van der Waals surface area (Å²) < 4.78 is 0. The molecule has 0 saturated heterocycles. The summed E-state index contributed by atoms with van der Waals surface area (Å²) in [4.78, 5) is 11.5. The highest BCUT2D eigenvalue weighted by atomic mass is 35.5. The average molecular weight is 263 g/mol. The molecule has 0 heterocycles. The Morgan fingerprint density at radius 1 is 1.22 bits per heavy atom. The minimum Gasteiger partial charge on any atom is -0.506 e. The number of nitrogens with two attached hydrogens (primary N) is 1. The standard InChI is InChI=1S/C13H11ClN2O2/c14-9-6-10(8-4-2-1-3-5-8)12(17)11(7-9)13(18)16-15/h1-7,17H,15H2,(H,16,18). The highest BCUT2D eigenvalue weighted by Crippen LogP contribution is 2.34. The second-order valence-electron chi connectivity index (χ2n) is 3.69. The lowest BCUT2D eigenvalue weighted by Crippen LogP contribution is -2.30. The largest absolute Gasteiger partial charge is 0.506 e.